The summed E-state index contributed by atoms with van der Waals surface area (Å²) >= 11 is 0. The van der Waals surface area contributed by atoms with Crippen molar-refractivity contribution in [3.05, 3.63) is 23.5 Å². The van der Waals surface area contributed by atoms with Gasteiger partial charge >= 0.3 is 5.97 Å². The Morgan fingerprint density at radius 3 is 2.54 bits per heavy atom. The highest BCUT2D eigenvalue weighted by molar-refractivity contribution is 5.85. The van der Waals surface area contributed by atoms with E-state index in [0.717, 1.165) is 5.56 Å². The number of hydrogen-bond donors (Lipinski definition) is 1. The molecule has 13 heavy (non-hydrogen) atoms. The van der Waals surface area contributed by atoms with Gasteiger partial charge in [0.1, 0.15) is 0 Å². The maximum atomic E-state index is 10.6. The Balaban J connectivity index is 3.13. The van der Waals surface area contributed by atoms with Gasteiger partial charge in [0.2, 0.25) is 0 Å². The number of carbonyl (C=O) groups is 1. The lowest BCUT2D eigenvalue weighted by atomic mass is 9.88. The highest BCUT2D eigenvalue weighted by atomic mass is 16.4. The zero-order valence-corrected chi connectivity index (χ0v) is 7.90. The molecule has 0 aliphatic carbocycles. The van der Waals surface area contributed by atoms with Gasteiger partial charge in [0.25, 0.3) is 0 Å². The molecule has 0 saturated heterocycles. The fourth-order valence-electron chi connectivity index (χ4n) is 0.881. The Hall–Kier alpha value is -1.45. The van der Waals surface area contributed by atoms with Crippen LogP contribution in [0.1, 0.15) is 36.8 Å². The molecule has 1 heterocycles. The van der Waals surface area contributed by atoms with E-state index in [1.807, 2.05) is 20.8 Å². The summed E-state index contributed by atoms with van der Waals surface area (Å²) in [6, 6.07) is 1.55. The van der Waals surface area contributed by atoms with Gasteiger partial charge in [-0.25, -0.2) is 4.79 Å². The molecular formula is C9H12N2O2. The van der Waals surface area contributed by atoms with E-state index >= 15 is 0 Å². The molecule has 0 unspecified atom stereocenters. The number of aromatic carboxylic acids is 1. The molecule has 0 amide bonds. The number of aromatic nitrogens is 2. The molecule has 0 atom stereocenters. The Labute approximate surface area is 76.6 Å². The normalized spacial score (nSPS) is 11.3. The van der Waals surface area contributed by atoms with Crippen molar-refractivity contribution in [2.24, 2.45) is 0 Å². The number of rotatable bonds is 1. The van der Waals surface area contributed by atoms with E-state index in [1.165, 1.54) is 0 Å². The van der Waals surface area contributed by atoms with Crippen LogP contribution in [0.5, 0.6) is 0 Å². The Morgan fingerprint density at radius 1 is 1.46 bits per heavy atom. The van der Waals surface area contributed by atoms with Crippen molar-refractivity contribution in [1.82, 2.24) is 10.2 Å². The molecule has 70 valence electrons. The zero-order valence-electron chi connectivity index (χ0n) is 7.90. The van der Waals surface area contributed by atoms with Crippen molar-refractivity contribution in [3.63, 3.8) is 0 Å². The second-order valence-corrected chi connectivity index (χ2v) is 3.88. The molecule has 1 aromatic rings. The molecule has 1 N–H and O–H groups in total. The van der Waals surface area contributed by atoms with Gasteiger partial charge in [-0.05, 0) is 17.0 Å². The first kappa shape index (κ1) is 9.64. The molecule has 0 spiro atoms. The van der Waals surface area contributed by atoms with E-state index in [9.17, 15) is 4.79 Å². The average molecular weight is 180 g/mol. The van der Waals surface area contributed by atoms with Crippen LogP contribution in [0, 0.1) is 0 Å². The van der Waals surface area contributed by atoms with Gasteiger partial charge in [-0.2, -0.15) is 5.10 Å². The topological polar surface area (TPSA) is 63.1 Å². The van der Waals surface area contributed by atoms with Crippen molar-refractivity contribution in [3.8, 4) is 0 Å². The molecule has 0 bridgehead atoms. The van der Waals surface area contributed by atoms with Gasteiger partial charge in [-0.1, -0.05) is 20.8 Å². The smallest absolute Gasteiger partial charge is 0.356 e. The minimum Gasteiger partial charge on any atom is -0.476 e. The summed E-state index contributed by atoms with van der Waals surface area (Å²) in [6.45, 7) is 5.99. The van der Waals surface area contributed by atoms with E-state index in [1.54, 1.807) is 12.3 Å². The fourth-order valence-corrected chi connectivity index (χ4v) is 0.881. The SMILES string of the molecule is CC(C)(C)c1cnnc(C(=O)O)c1. The number of carboxylic acids is 1. The molecule has 0 aromatic carbocycles. The molecule has 4 nitrogen and oxygen atoms in total. The van der Waals surface area contributed by atoms with Crippen molar-refractivity contribution >= 4 is 5.97 Å². The average Bonchev–Trinajstić information content (AvgIpc) is 2.03. The van der Waals surface area contributed by atoms with Crippen molar-refractivity contribution in [1.29, 1.82) is 0 Å². The van der Waals surface area contributed by atoms with Crippen LogP contribution in [0.3, 0.4) is 0 Å². The van der Waals surface area contributed by atoms with E-state index in [0.29, 0.717) is 0 Å². The summed E-state index contributed by atoms with van der Waals surface area (Å²) in [7, 11) is 0. The maximum Gasteiger partial charge on any atom is 0.356 e. The highest BCUT2D eigenvalue weighted by Gasteiger charge is 2.16. The van der Waals surface area contributed by atoms with Crippen LogP contribution in [0.25, 0.3) is 0 Å². The maximum absolute atomic E-state index is 10.6. The molecule has 0 aliphatic rings. The molecule has 1 aromatic heterocycles. The van der Waals surface area contributed by atoms with Gasteiger partial charge in [0, 0.05) is 0 Å². The third-order valence-electron chi connectivity index (χ3n) is 1.74. The molecule has 4 heteroatoms. The second-order valence-electron chi connectivity index (χ2n) is 3.88. The Morgan fingerprint density at radius 2 is 2.08 bits per heavy atom. The lowest BCUT2D eigenvalue weighted by Crippen LogP contribution is -2.14. The first-order valence-electron chi connectivity index (χ1n) is 3.98. The van der Waals surface area contributed by atoms with Gasteiger partial charge in [0.15, 0.2) is 5.69 Å². The van der Waals surface area contributed by atoms with E-state index < -0.39 is 5.97 Å². The minimum atomic E-state index is -1.04. The third kappa shape index (κ3) is 2.24. The second kappa shape index (κ2) is 3.12. The first-order chi connectivity index (χ1) is 5.91. The molecule has 0 saturated carbocycles. The van der Waals surface area contributed by atoms with Crippen molar-refractivity contribution in [2.45, 2.75) is 26.2 Å². The van der Waals surface area contributed by atoms with E-state index in [2.05, 4.69) is 10.2 Å². The molecule has 0 fully saturated rings. The van der Waals surface area contributed by atoms with Gasteiger partial charge in [0.05, 0.1) is 6.20 Å². The standard InChI is InChI=1S/C9H12N2O2/c1-9(2,3)6-4-7(8(12)13)11-10-5-6/h4-5H,1-3H3,(H,12,13). The lowest BCUT2D eigenvalue weighted by molar-refractivity contribution is 0.0689. The minimum absolute atomic E-state index is 0.00701. The summed E-state index contributed by atoms with van der Waals surface area (Å²) in [4.78, 5) is 10.6. The fraction of sp³-hybridized carbons (Fsp3) is 0.444. The summed E-state index contributed by atoms with van der Waals surface area (Å²) in [5.74, 6) is -1.04. The number of nitrogens with zero attached hydrogens (tertiary/aromatic N) is 2. The number of carboxylic acid groups (broad SMARTS) is 1. The van der Waals surface area contributed by atoms with Crippen LogP contribution in [0.4, 0.5) is 0 Å². The first-order valence-corrected chi connectivity index (χ1v) is 3.98. The summed E-state index contributed by atoms with van der Waals surface area (Å²) in [6.07, 6.45) is 1.59. The van der Waals surface area contributed by atoms with Gasteiger partial charge in [-0.3, -0.25) is 0 Å². The van der Waals surface area contributed by atoms with Crippen LogP contribution >= 0.6 is 0 Å². The summed E-state index contributed by atoms with van der Waals surface area (Å²) in [5.41, 5.74) is 0.771. The van der Waals surface area contributed by atoms with Crippen LogP contribution < -0.4 is 0 Å². The molecule has 1 rings (SSSR count). The van der Waals surface area contributed by atoms with Crippen molar-refractivity contribution < 1.29 is 9.90 Å². The lowest BCUT2D eigenvalue weighted by Gasteiger charge is -2.17. The van der Waals surface area contributed by atoms with Gasteiger partial charge in [-0.15, -0.1) is 5.10 Å². The van der Waals surface area contributed by atoms with E-state index in [-0.39, 0.29) is 11.1 Å². The third-order valence-corrected chi connectivity index (χ3v) is 1.74. The largest absolute Gasteiger partial charge is 0.476 e. The molecule has 0 aliphatic heterocycles. The summed E-state index contributed by atoms with van der Waals surface area (Å²) < 4.78 is 0. The zero-order chi connectivity index (χ0) is 10.1. The van der Waals surface area contributed by atoms with E-state index in [4.69, 9.17) is 5.11 Å². The Bertz CT molecular complexity index is 329. The quantitative estimate of drug-likeness (QED) is 0.710. The van der Waals surface area contributed by atoms with Crippen LogP contribution in [-0.4, -0.2) is 21.3 Å². The van der Waals surface area contributed by atoms with Crippen LogP contribution in [0.2, 0.25) is 0 Å². The Kier molecular flexibility index (Phi) is 2.32. The van der Waals surface area contributed by atoms with Crippen LogP contribution in [-0.2, 0) is 5.41 Å². The predicted octanol–water partition coefficient (Wildman–Crippen LogP) is 1.47. The molecular weight excluding hydrogens is 168 g/mol. The number of hydrogen-bond acceptors (Lipinski definition) is 3. The monoisotopic (exact) mass is 180 g/mol. The highest BCUT2D eigenvalue weighted by Crippen LogP contribution is 2.20. The molecule has 0 radical (unpaired) electrons. The predicted molar refractivity (Wildman–Crippen MR) is 47.7 cm³/mol. The van der Waals surface area contributed by atoms with Crippen LogP contribution in [0.15, 0.2) is 12.3 Å². The van der Waals surface area contributed by atoms with Crippen molar-refractivity contribution in [2.75, 3.05) is 0 Å². The summed E-state index contributed by atoms with van der Waals surface area (Å²) in [5, 5.41) is 15.8. The van der Waals surface area contributed by atoms with Gasteiger partial charge < -0.3 is 5.11 Å².